The van der Waals surface area contributed by atoms with Crippen LogP contribution in [-0.4, -0.2) is 4.98 Å². The number of pyridine rings is 1. The summed E-state index contributed by atoms with van der Waals surface area (Å²) >= 11 is 0. The molecule has 2 heteroatoms. The minimum Gasteiger partial charge on any atom is -0.311 e. The number of benzene rings is 10. The summed E-state index contributed by atoms with van der Waals surface area (Å²) in [5, 5.41) is 3.57. The third-order valence-corrected chi connectivity index (χ3v) is 13.9. The molecular formula is C68H48N2. The molecule has 0 unspecified atom stereocenters. The second-order valence-electron chi connectivity index (χ2n) is 18.0. The fourth-order valence-corrected chi connectivity index (χ4v) is 10.5. The van der Waals surface area contributed by atoms with Gasteiger partial charge in [-0.3, -0.25) is 0 Å². The molecule has 2 nitrogen and oxygen atoms in total. The van der Waals surface area contributed by atoms with Crippen LogP contribution in [0.4, 0.5) is 11.4 Å². The first kappa shape index (κ1) is 42.3. The maximum Gasteiger partial charge on any atom is 0.0788 e. The van der Waals surface area contributed by atoms with Crippen molar-refractivity contribution >= 4 is 39.1 Å². The first-order valence-corrected chi connectivity index (χ1v) is 24.0. The predicted octanol–water partition coefficient (Wildman–Crippen LogP) is 17.7. The molecule has 0 amide bonds. The third kappa shape index (κ3) is 7.62. The summed E-state index contributed by atoms with van der Waals surface area (Å²) in [6.45, 7) is 4.52. The quantitative estimate of drug-likeness (QED) is 0.120. The number of hydrogen-bond acceptors (Lipinski definition) is 2. The third-order valence-electron chi connectivity index (χ3n) is 13.9. The summed E-state index contributed by atoms with van der Waals surface area (Å²) in [4.78, 5) is 7.68. The number of fused-ring (bicyclic) bond motifs is 3. The van der Waals surface area contributed by atoms with Gasteiger partial charge in [-0.1, -0.05) is 225 Å². The van der Waals surface area contributed by atoms with Gasteiger partial charge in [-0.05, 0) is 127 Å². The Balaban J connectivity index is 0.983. The van der Waals surface area contributed by atoms with E-state index in [1.807, 2.05) is 6.08 Å². The van der Waals surface area contributed by atoms with Crippen LogP contribution in [0.1, 0.15) is 22.3 Å². The Morgan fingerprint density at radius 2 is 0.914 bits per heavy atom. The van der Waals surface area contributed by atoms with Crippen LogP contribution in [0.25, 0.3) is 72.4 Å². The van der Waals surface area contributed by atoms with E-state index in [-0.39, 0.29) is 0 Å². The largest absolute Gasteiger partial charge is 0.311 e. The van der Waals surface area contributed by atoms with Gasteiger partial charge in [0.2, 0.25) is 0 Å². The van der Waals surface area contributed by atoms with Gasteiger partial charge in [0.25, 0.3) is 0 Å². The molecule has 0 atom stereocenters. The van der Waals surface area contributed by atoms with Crippen LogP contribution >= 0.6 is 0 Å². The smallest absolute Gasteiger partial charge is 0.0788 e. The molecule has 1 aromatic heterocycles. The van der Waals surface area contributed by atoms with E-state index >= 15 is 0 Å². The molecular weight excluding hydrogens is 845 g/mol. The Morgan fingerprint density at radius 3 is 1.59 bits per heavy atom. The normalized spacial score (nSPS) is 12.9. The molecule has 1 aliphatic rings. The molecule has 1 aliphatic carbocycles. The highest BCUT2D eigenvalue weighted by Crippen LogP contribution is 2.52. The molecule has 12 rings (SSSR count). The highest BCUT2D eigenvalue weighted by Gasteiger charge is 2.44. The lowest BCUT2D eigenvalue weighted by molar-refractivity contribution is 0.760. The van der Waals surface area contributed by atoms with E-state index in [9.17, 15) is 0 Å². The Kier molecular flexibility index (Phi) is 11.0. The van der Waals surface area contributed by atoms with Crippen molar-refractivity contribution in [3.05, 3.63) is 313 Å². The standard InChI is InChI=1S/C68H48N2/c1-2-61(47-60-45-56-22-14-16-28-65(56)68(60,58-24-8-4-9-25-58)59-26-10-5-11-27-59)70(62-40-36-50(37-41-62)48-18-6-3-7-19-48)63-42-38-52(39-43-63)64-46-57-23-15-17-29-66(57)69-67(64)53-33-30-51(31-34-53)55-35-32-49-20-12-13-21-54(49)44-55/h2-47H,1H2/b61-47+. The van der Waals surface area contributed by atoms with E-state index in [0.717, 1.165) is 55.9 Å². The van der Waals surface area contributed by atoms with Crippen LogP contribution in [0.15, 0.2) is 291 Å². The maximum atomic E-state index is 5.34. The van der Waals surface area contributed by atoms with Crippen molar-refractivity contribution in [2.45, 2.75) is 5.41 Å². The number of anilines is 2. The highest BCUT2D eigenvalue weighted by molar-refractivity contribution is 5.93. The molecule has 330 valence electrons. The molecule has 11 aromatic rings. The summed E-state index contributed by atoms with van der Waals surface area (Å²) in [6.07, 6.45) is 6.71. The summed E-state index contributed by atoms with van der Waals surface area (Å²) in [7, 11) is 0. The zero-order valence-corrected chi connectivity index (χ0v) is 38.7. The zero-order valence-electron chi connectivity index (χ0n) is 38.7. The van der Waals surface area contributed by atoms with Gasteiger partial charge in [-0.15, -0.1) is 0 Å². The summed E-state index contributed by atoms with van der Waals surface area (Å²) < 4.78 is 0. The predicted molar refractivity (Wildman–Crippen MR) is 295 cm³/mol. The molecule has 70 heavy (non-hydrogen) atoms. The van der Waals surface area contributed by atoms with Crippen LogP contribution in [0, 0.1) is 0 Å². The fraction of sp³-hybridized carbons (Fsp3) is 0.0147. The van der Waals surface area contributed by atoms with E-state index in [1.54, 1.807) is 0 Å². The Morgan fingerprint density at radius 1 is 0.414 bits per heavy atom. The zero-order chi connectivity index (χ0) is 46.9. The van der Waals surface area contributed by atoms with Crippen LogP contribution in [0.3, 0.4) is 0 Å². The molecule has 0 N–H and O–H groups in total. The van der Waals surface area contributed by atoms with Gasteiger partial charge in [0.05, 0.1) is 16.6 Å². The molecule has 0 radical (unpaired) electrons. The van der Waals surface area contributed by atoms with Gasteiger partial charge in [-0.2, -0.15) is 0 Å². The Hall–Kier alpha value is -9.11. The van der Waals surface area contributed by atoms with Crippen molar-refractivity contribution < 1.29 is 0 Å². The topological polar surface area (TPSA) is 16.1 Å². The molecule has 0 saturated heterocycles. The Labute approximate surface area is 410 Å². The molecule has 0 bridgehead atoms. The average Bonchev–Trinajstić information content (AvgIpc) is 3.77. The van der Waals surface area contributed by atoms with Gasteiger partial charge in [0, 0.05) is 33.6 Å². The van der Waals surface area contributed by atoms with Gasteiger partial charge in [-0.25, -0.2) is 4.98 Å². The maximum absolute atomic E-state index is 5.34. The van der Waals surface area contributed by atoms with Crippen molar-refractivity contribution in [1.29, 1.82) is 0 Å². The first-order chi connectivity index (χ1) is 34.6. The molecule has 0 fully saturated rings. The lowest BCUT2D eigenvalue weighted by Crippen LogP contribution is -2.30. The molecule has 0 saturated carbocycles. The molecule has 10 aromatic carbocycles. The lowest BCUT2D eigenvalue weighted by Gasteiger charge is -2.36. The number of hydrogen-bond donors (Lipinski definition) is 0. The number of rotatable bonds is 11. The SMILES string of the molecule is C=C/C(=C\C1=Cc2ccccc2C1(c1ccccc1)c1ccccc1)N(c1ccc(-c2ccccc2)cc1)c1ccc(-c2cc3ccccc3nc2-c2ccc(-c3ccc4ccccc4c3)cc2)cc1. The second-order valence-corrected chi connectivity index (χ2v) is 18.0. The Bertz CT molecular complexity index is 3700. The van der Waals surface area contributed by atoms with Crippen molar-refractivity contribution in [3.63, 3.8) is 0 Å². The first-order valence-electron chi connectivity index (χ1n) is 24.0. The van der Waals surface area contributed by atoms with Crippen molar-refractivity contribution in [2.24, 2.45) is 0 Å². The second kappa shape index (κ2) is 18.2. The van der Waals surface area contributed by atoms with Gasteiger partial charge >= 0.3 is 0 Å². The van der Waals surface area contributed by atoms with Crippen molar-refractivity contribution in [1.82, 2.24) is 4.98 Å². The van der Waals surface area contributed by atoms with E-state index in [2.05, 4.69) is 284 Å². The van der Waals surface area contributed by atoms with Crippen LogP contribution in [0.5, 0.6) is 0 Å². The van der Waals surface area contributed by atoms with Crippen molar-refractivity contribution in [3.8, 4) is 44.6 Å². The number of allylic oxidation sites excluding steroid dienone is 3. The van der Waals surface area contributed by atoms with Gasteiger partial charge in [0.15, 0.2) is 0 Å². The van der Waals surface area contributed by atoms with Gasteiger partial charge in [0.1, 0.15) is 0 Å². The minimum atomic E-state index is -0.562. The monoisotopic (exact) mass is 892 g/mol. The molecule has 0 spiro atoms. The summed E-state index contributed by atoms with van der Waals surface area (Å²) in [5.41, 5.74) is 18.3. The minimum absolute atomic E-state index is 0.562. The van der Waals surface area contributed by atoms with E-state index in [4.69, 9.17) is 4.98 Å². The van der Waals surface area contributed by atoms with E-state index in [0.29, 0.717) is 0 Å². The van der Waals surface area contributed by atoms with E-state index < -0.39 is 5.41 Å². The fourth-order valence-electron chi connectivity index (χ4n) is 10.5. The van der Waals surface area contributed by atoms with Crippen LogP contribution < -0.4 is 4.90 Å². The average molecular weight is 893 g/mol. The molecule has 0 aliphatic heterocycles. The van der Waals surface area contributed by atoms with E-state index in [1.165, 1.54) is 55.3 Å². The number of nitrogens with zero attached hydrogens (tertiary/aromatic N) is 2. The number of para-hydroxylation sites is 1. The molecule has 1 heterocycles. The van der Waals surface area contributed by atoms with Crippen LogP contribution in [0.2, 0.25) is 0 Å². The summed E-state index contributed by atoms with van der Waals surface area (Å²) in [6, 6.07) is 93.8. The van der Waals surface area contributed by atoms with Gasteiger partial charge < -0.3 is 4.90 Å². The summed E-state index contributed by atoms with van der Waals surface area (Å²) in [5.74, 6) is 0. The van der Waals surface area contributed by atoms with Crippen LogP contribution in [-0.2, 0) is 5.41 Å². The lowest BCUT2D eigenvalue weighted by atomic mass is 9.67. The number of aromatic nitrogens is 1. The highest BCUT2D eigenvalue weighted by atomic mass is 15.1. The van der Waals surface area contributed by atoms with Crippen molar-refractivity contribution in [2.75, 3.05) is 4.90 Å².